The zero-order chi connectivity index (χ0) is 13.3. The maximum absolute atomic E-state index is 13.3. The first-order chi connectivity index (χ1) is 8.54. The molecule has 0 spiro atoms. The van der Waals surface area contributed by atoms with Gasteiger partial charge < -0.3 is 4.74 Å². The molecule has 1 fully saturated rings. The van der Waals surface area contributed by atoms with Crippen molar-refractivity contribution >= 4 is 23.2 Å². The molecule has 0 aromatic heterocycles. The first kappa shape index (κ1) is 14.0. The number of hydrogen-bond acceptors (Lipinski definition) is 1. The zero-order valence-corrected chi connectivity index (χ0v) is 11.4. The molecule has 0 saturated carbocycles. The summed E-state index contributed by atoms with van der Waals surface area (Å²) < 4.78 is 31.8. The molecule has 0 bridgehead atoms. The molecule has 1 aliphatic rings. The molecule has 0 radical (unpaired) electrons. The lowest BCUT2D eigenvalue weighted by Gasteiger charge is -2.23. The molecule has 3 unspecified atom stereocenters. The summed E-state index contributed by atoms with van der Waals surface area (Å²) in [6.07, 6.45) is 1.70. The van der Waals surface area contributed by atoms with E-state index in [1.807, 2.05) is 6.92 Å². The molecule has 1 saturated heterocycles. The summed E-state index contributed by atoms with van der Waals surface area (Å²) in [5, 5.41) is -0.296. The maximum atomic E-state index is 13.3. The quantitative estimate of drug-likeness (QED) is 0.579. The first-order valence-electron chi connectivity index (χ1n) is 5.94. The van der Waals surface area contributed by atoms with Gasteiger partial charge in [0.25, 0.3) is 0 Å². The van der Waals surface area contributed by atoms with E-state index < -0.39 is 17.0 Å². The van der Waals surface area contributed by atoms with Crippen molar-refractivity contribution < 1.29 is 13.5 Å². The molecule has 0 amide bonds. The van der Waals surface area contributed by atoms with Gasteiger partial charge in [0.2, 0.25) is 0 Å². The third-order valence-electron chi connectivity index (χ3n) is 3.38. The molecule has 0 N–H and O–H groups in total. The Balaban J connectivity index is 2.28. The molecule has 0 aliphatic carbocycles. The topological polar surface area (TPSA) is 9.23 Å². The van der Waals surface area contributed by atoms with E-state index in [0.29, 0.717) is 12.2 Å². The Morgan fingerprint density at radius 3 is 2.72 bits per heavy atom. The SMILES string of the molecule is CCC1OCCC1C(Cl)c1cc(F)c(F)cc1Cl. The Morgan fingerprint density at radius 1 is 1.39 bits per heavy atom. The number of ether oxygens (including phenoxy) is 1. The highest BCUT2D eigenvalue weighted by Gasteiger charge is 2.34. The number of halogens is 4. The fourth-order valence-corrected chi connectivity index (χ4v) is 3.19. The van der Waals surface area contributed by atoms with Gasteiger partial charge in [0.05, 0.1) is 11.5 Å². The molecule has 2 rings (SSSR count). The Labute approximate surface area is 115 Å². The summed E-state index contributed by atoms with van der Waals surface area (Å²) in [4.78, 5) is 0. The van der Waals surface area contributed by atoms with Gasteiger partial charge in [-0.25, -0.2) is 8.78 Å². The van der Waals surface area contributed by atoms with Crippen LogP contribution in [0.15, 0.2) is 12.1 Å². The Morgan fingerprint density at radius 2 is 2.06 bits per heavy atom. The van der Waals surface area contributed by atoms with Gasteiger partial charge >= 0.3 is 0 Å². The second kappa shape index (κ2) is 5.72. The van der Waals surface area contributed by atoms with Gasteiger partial charge in [0.15, 0.2) is 11.6 Å². The third kappa shape index (κ3) is 2.63. The summed E-state index contributed by atoms with van der Waals surface area (Å²) in [6.45, 7) is 2.66. The van der Waals surface area contributed by atoms with Crippen LogP contribution in [0.25, 0.3) is 0 Å². The van der Waals surface area contributed by atoms with Crippen LogP contribution < -0.4 is 0 Å². The lowest BCUT2D eigenvalue weighted by molar-refractivity contribution is 0.0864. The fraction of sp³-hybridized carbons (Fsp3) is 0.538. The number of benzene rings is 1. The average molecular weight is 295 g/mol. The predicted molar refractivity (Wildman–Crippen MR) is 68.1 cm³/mol. The van der Waals surface area contributed by atoms with E-state index in [9.17, 15) is 8.78 Å². The van der Waals surface area contributed by atoms with Crippen LogP contribution in [0.3, 0.4) is 0 Å². The van der Waals surface area contributed by atoms with Crippen molar-refractivity contribution in [3.8, 4) is 0 Å². The van der Waals surface area contributed by atoms with Gasteiger partial charge in [-0.05, 0) is 30.5 Å². The van der Waals surface area contributed by atoms with Crippen molar-refractivity contribution in [1.82, 2.24) is 0 Å². The molecule has 100 valence electrons. The van der Waals surface area contributed by atoms with Crippen molar-refractivity contribution in [2.75, 3.05) is 6.61 Å². The minimum atomic E-state index is -0.956. The van der Waals surface area contributed by atoms with Crippen molar-refractivity contribution in [1.29, 1.82) is 0 Å². The van der Waals surface area contributed by atoms with Crippen LogP contribution in [0.5, 0.6) is 0 Å². The third-order valence-corrected chi connectivity index (χ3v) is 4.26. The minimum absolute atomic E-state index is 0.0525. The van der Waals surface area contributed by atoms with Crippen molar-refractivity contribution in [3.05, 3.63) is 34.4 Å². The largest absolute Gasteiger partial charge is 0.378 e. The molecule has 1 aliphatic heterocycles. The van der Waals surface area contributed by atoms with E-state index in [-0.39, 0.29) is 17.0 Å². The maximum Gasteiger partial charge on any atom is 0.160 e. The molecule has 5 heteroatoms. The molecular formula is C13H14Cl2F2O. The van der Waals surface area contributed by atoms with E-state index in [1.54, 1.807) is 0 Å². The monoisotopic (exact) mass is 294 g/mol. The predicted octanol–water partition coefficient (Wildman–Crippen LogP) is 4.71. The van der Waals surface area contributed by atoms with Gasteiger partial charge in [-0.1, -0.05) is 18.5 Å². The average Bonchev–Trinajstić information content (AvgIpc) is 2.81. The zero-order valence-electron chi connectivity index (χ0n) is 9.93. The Hall–Kier alpha value is -0.380. The van der Waals surface area contributed by atoms with Gasteiger partial charge in [-0.15, -0.1) is 11.6 Å². The summed E-state index contributed by atoms with van der Waals surface area (Å²) in [5.41, 5.74) is 0.436. The van der Waals surface area contributed by atoms with Gasteiger partial charge in [0, 0.05) is 17.5 Å². The summed E-state index contributed by atoms with van der Waals surface area (Å²) in [5.74, 6) is -1.80. The van der Waals surface area contributed by atoms with E-state index in [2.05, 4.69) is 0 Å². The van der Waals surface area contributed by atoms with Crippen molar-refractivity contribution in [2.45, 2.75) is 31.2 Å². The van der Waals surface area contributed by atoms with Crippen LogP contribution in [-0.2, 0) is 4.74 Å². The second-order valence-electron chi connectivity index (χ2n) is 4.46. The van der Waals surface area contributed by atoms with Crippen LogP contribution in [0.1, 0.15) is 30.7 Å². The van der Waals surface area contributed by atoms with E-state index in [4.69, 9.17) is 27.9 Å². The van der Waals surface area contributed by atoms with Crippen LogP contribution in [0.2, 0.25) is 5.02 Å². The lowest BCUT2D eigenvalue weighted by Crippen LogP contribution is -2.19. The van der Waals surface area contributed by atoms with E-state index >= 15 is 0 Å². The van der Waals surface area contributed by atoms with Crippen molar-refractivity contribution in [2.24, 2.45) is 5.92 Å². The normalized spacial score (nSPS) is 25.4. The number of alkyl halides is 1. The van der Waals surface area contributed by atoms with Crippen LogP contribution in [0, 0.1) is 17.6 Å². The van der Waals surface area contributed by atoms with Crippen LogP contribution >= 0.6 is 23.2 Å². The standard InChI is InChI=1S/C13H14Cl2F2O/c1-2-12-7(3-4-18-12)13(15)8-5-10(16)11(17)6-9(8)14/h5-7,12-13H,2-4H2,1H3. The molecule has 1 aromatic rings. The Bertz CT molecular complexity index is 439. The summed E-state index contributed by atoms with van der Waals surface area (Å²) in [7, 11) is 0. The summed E-state index contributed by atoms with van der Waals surface area (Å²) >= 11 is 12.3. The second-order valence-corrected chi connectivity index (χ2v) is 5.34. The fourth-order valence-electron chi connectivity index (χ4n) is 2.40. The molecule has 3 atom stereocenters. The molecule has 1 aromatic carbocycles. The van der Waals surface area contributed by atoms with Gasteiger partial charge in [-0.3, -0.25) is 0 Å². The smallest absolute Gasteiger partial charge is 0.160 e. The van der Waals surface area contributed by atoms with Crippen molar-refractivity contribution in [3.63, 3.8) is 0 Å². The highest BCUT2D eigenvalue weighted by Crippen LogP contribution is 2.42. The summed E-state index contributed by atoms with van der Waals surface area (Å²) in [6, 6.07) is 2.05. The van der Waals surface area contributed by atoms with Crippen LogP contribution in [0.4, 0.5) is 8.78 Å². The first-order valence-corrected chi connectivity index (χ1v) is 6.76. The molecule has 1 nitrogen and oxygen atoms in total. The molecular weight excluding hydrogens is 281 g/mol. The van der Waals surface area contributed by atoms with E-state index in [0.717, 1.165) is 25.0 Å². The lowest BCUT2D eigenvalue weighted by atomic mass is 9.91. The van der Waals surface area contributed by atoms with Crippen LogP contribution in [-0.4, -0.2) is 12.7 Å². The van der Waals surface area contributed by atoms with Gasteiger partial charge in [-0.2, -0.15) is 0 Å². The highest BCUT2D eigenvalue weighted by molar-refractivity contribution is 6.32. The molecule has 18 heavy (non-hydrogen) atoms. The number of rotatable bonds is 3. The Kier molecular flexibility index (Phi) is 4.46. The van der Waals surface area contributed by atoms with E-state index in [1.165, 1.54) is 0 Å². The van der Waals surface area contributed by atoms with Gasteiger partial charge in [0.1, 0.15) is 0 Å². The minimum Gasteiger partial charge on any atom is -0.378 e. The highest BCUT2D eigenvalue weighted by atomic mass is 35.5. The molecule has 1 heterocycles. The number of hydrogen-bond donors (Lipinski definition) is 0.